The predicted octanol–water partition coefficient (Wildman–Crippen LogP) is 9.88. The Bertz CT molecular complexity index is 2980. The molecule has 2 N–H and O–H groups in total. The molecule has 3 aliphatic heterocycles. The van der Waals surface area contributed by atoms with Crippen LogP contribution in [-0.4, -0.2) is 46.2 Å². The van der Waals surface area contributed by atoms with Gasteiger partial charge >= 0.3 is 21.2 Å². The zero-order chi connectivity index (χ0) is 47.6. The summed E-state index contributed by atoms with van der Waals surface area (Å²) in [5, 5.41) is 20.4. The van der Waals surface area contributed by atoms with Gasteiger partial charge in [-0.25, -0.2) is 29.5 Å². The number of aromatic nitrogens is 3. The first kappa shape index (κ1) is 47.8. The molecule has 0 amide bonds. The third-order valence-corrected chi connectivity index (χ3v) is 11.8. The molecular weight excluding hydrogens is 903 g/mol. The summed E-state index contributed by atoms with van der Waals surface area (Å²) >= 11 is 18.4. The highest BCUT2D eigenvalue weighted by molar-refractivity contribution is 6.67. The monoisotopic (exact) mass is 940 g/mol. The zero-order valence-corrected chi connectivity index (χ0v) is 39.0. The first-order chi connectivity index (χ1) is 31.5. The van der Waals surface area contributed by atoms with Crippen LogP contribution in [0.5, 0.6) is 34.9 Å². The number of nitrogens with zero attached hydrogens (tertiary/aromatic N) is 6. The average molecular weight is 942 g/mol. The lowest BCUT2D eigenvalue weighted by Gasteiger charge is -2.13. The molecule has 0 radical (unpaired) electrons. The van der Waals surface area contributed by atoms with E-state index in [-0.39, 0.29) is 28.7 Å². The van der Waals surface area contributed by atoms with E-state index in [0.717, 1.165) is 44.3 Å². The van der Waals surface area contributed by atoms with E-state index in [1.807, 2.05) is 51.9 Å². The fourth-order valence-corrected chi connectivity index (χ4v) is 7.91. The van der Waals surface area contributed by atoms with Crippen LogP contribution in [0.2, 0.25) is 21.9 Å². The average Bonchev–Trinajstić information content (AvgIpc) is 3.98. The molecular formula is C46H38B3Cl3N6O8. The summed E-state index contributed by atoms with van der Waals surface area (Å²) in [7, 11) is -1.77. The lowest BCUT2D eigenvalue weighted by Crippen LogP contribution is -2.30. The smallest absolute Gasteiger partial charge is 0.438 e. The molecule has 0 spiro atoms. The standard InChI is InChI=1S/C16H14BClN2O2.2C15H12BClN2O3/c1-9-11-8-21-17(3)12(11)5-6-15(9)22-16-13(18)7-14(19-4)10(2)20-16;1-8-4-11-10(7-21-16(11)20)5-14(8)22-15-12(17)6-13(18-3)9(2)19-15;1-8-4-11(5-10-7-21-16(20)14(8)10)22-15-12(17)6-13(18-3)9(2)19-15/h5-7H,8H2,1-3H3;2*4-6,20H,7H2,1-2H3. The van der Waals surface area contributed by atoms with E-state index in [0.29, 0.717) is 82.1 Å². The van der Waals surface area contributed by atoms with Crippen LogP contribution in [0.3, 0.4) is 0 Å². The van der Waals surface area contributed by atoms with Gasteiger partial charge in [0.2, 0.25) is 34.7 Å². The molecule has 0 saturated heterocycles. The summed E-state index contributed by atoms with van der Waals surface area (Å²) < 4.78 is 33.5. The molecule has 0 atom stereocenters. The summed E-state index contributed by atoms with van der Waals surface area (Å²) in [5.74, 6) is 2.71. The Morgan fingerprint density at radius 1 is 0.576 bits per heavy atom. The van der Waals surface area contributed by atoms with Crippen molar-refractivity contribution >= 4 is 89.4 Å². The SMILES string of the molecule is [C-]#[N+]c1cc(Cl)c(Oc2cc(C)c3c(c2)COB3O)nc1C.[C-]#[N+]c1cc(Cl)c(Oc2cc3c(cc2C)B(O)OC3)nc1C.[C-]#[N+]c1cc(Cl)c(Oc2ccc3c(c2C)COB3C)nc1C. The summed E-state index contributed by atoms with van der Waals surface area (Å²) in [6, 6.07) is 15.8. The molecule has 9 rings (SSSR count). The molecule has 3 aromatic carbocycles. The van der Waals surface area contributed by atoms with Gasteiger partial charge in [-0.1, -0.05) is 53.8 Å². The number of aryl methyl sites for hydroxylation is 5. The minimum absolute atomic E-state index is 0.115. The molecule has 0 bridgehead atoms. The zero-order valence-electron chi connectivity index (χ0n) is 36.7. The second-order valence-electron chi connectivity index (χ2n) is 15.4. The summed E-state index contributed by atoms with van der Waals surface area (Å²) in [6.45, 7) is 35.6. The van der Waals surface area contributed by atoms with Crippen molar-refractivity contribution in [3.63, 3.8) is 0 Å². The van der Waals surface area contributed by atoms with Gasteiger partial charge in [-0.15, -0.1) is 0 Å². The van der Waals surface area contributed by atoms with Crippen LogP contribution in [0.25, 0.3) is 14.5 Å². The van der Waals surface area contributed by atoms with Gasteiger partial charge in [0.25, 0.3) is 0 Å². The van der Waals surface area contributed by atoms with Gasteiger partial charge in [0.1, 0.15) is 17.2 Å². The first-order valence-corrected chi connectivity index (χ1v) is 21.4. The number of halogens is 3. The molecule has 3 aromatic heterocycles. The van der Waals surface area contributed by atoms with E-state index in [1.165, 1.54) is 5.46 Å². The van der Waals surface area contributed by atoms with Crippen LogP contribution < -0.4 is 30.6 Å². The Morgan fingerprint density at radius 2 is 1.09 bits per heavy atom. The maximum absolute atomic E-state index is 9.76. The van der Waals surface area contributed by atoms with Gasteiger partial charge in [0.15, 0.2) is 0 Å². The fraction of sp³-hybridized carbons (Fsp3) is 0.217. The number of pyridine rings is 3. The Hall–Kier alpha value is -6.16. The van der Waals surface area contributed by atoms with Gasteiger partial charge in [-0.05, 0) is 134 Å². The van der Waals surface area contributed by atoms with E-state index in [2.05, 4.69) is 29.5 Å². The van der Waals surface area contributed by atoms with Crippen molar-refractivity contribution in [2.24, 2.45) is 0 Å². The second-order valence-corrected chi connectivity index (χ2v) is 16.7. The van der Waals surface area contributed by atoms with Crippen molar-refractivity contribution in [3.05, 3.63) is 154 Å². The Morgan fingerprint density at radius 3 is 1.65 bits per heavy atom. The van der Waals surface area contributed by atoms with Crippen LogP contribution >= 0.6 is 34.8 Å². The first-order valence-electron chi connectivity index (χ1n) is 20.3. The summed E-state index contributed by atoms with van der Waals surface area (Å²) in [5.41, 5.74) is 11.4. The number of rotatable bonds is 6. The number of ether oxygens (including phenoxy) is 3. The van der Waals surface area contributed by atoms with Gasteiger partial charge in [0.05, 0.1) is 54.6 Å². The van der Waals surface area contributed by atoms with Crippen LogP contribution in [-0.2, 0) is 33.8 Å². The van der Waals surface area contributed by atoms with E-state index in [4.69, 9.17) is 82.7 Å². The third kappa shape index (κ3) is 10.1. The quantitative estimate of drug-likeness (QED) is 0.122. The topological polar surface area (TPSA) is 148 Å². The molecule has 20 heteroatoms. The van der Waals surface area contributed by atoms with Crippen molar-refractivity contribution in [2.45, 2.75) is 68.2 Å². The highest BCUT2D eigenvalue weighted by Crippen LogP contribution is 2.37. The number of benzene rings is 3. The van der Waals surface area contributed by atoms with Crippen molar-refractivity contribution in [1.29, 1.82) is 0 Å². The van der Waals surface area contributed by atoms with E-state index < -0.39 is 14.2 Å². The maximum Gasteiger partial charge on any atom is 0.492 e. The van der Waals surface area contributed by atoms with E-state index in [1.54, 1.807) is 51.1 Å². The largest absolute Gasteiger partial charge is 0.492 e. The van der Waals surface area contributed by atoms with Gasteiger partial charge in [-0.3, -0.25) is 0 Å². The Kier molecular flexibility index (Phi) is 14.6. The van der Waals surface area contributed by atoms with Crippen LogP contribution in [0, 0.1) is 61.3 Å². The minimum atomic E-state index is -0.885. The van der Waals surface area contributed by atoms with Crippen LogP contribution in [0.4, 0.5) is 17.1 Å². The molecule has 0 aliphatic carbocycles. The summed E-state index contributed by atoms with van der Waals surface area (Å²) in [4.78, 5) is 22.8. The minimum Gasteiger partial charge on any atom is -0.438 e. The van der Waals surface area contributed by atoms with Gasteiger partial charge < -0.3 is 38.2 Å². The molecule has 6 aromatic rings. The van der Waals surface area contributed by atoms with Gasteiger partial charge in [0, 0.05) is 17.1 Å². The molecule has 3 aliphatic rings. The third-order valence-electron chi connectivity index (χ3n) is 11.0. The molecule has 66 heavy (non-hydrogen) atoms. The molecule has 14 nitrogen and oxygen atoms in total. The molecule has 330 valence electrons. The number of hydrogen-bond acceptors (Lipinski definition) is 11. The summed E-state index contributed by atoms with van der Waals surface area (Å²) in [6.07, 6.45) is 0. The van der Waals surface area contributed by atoms with E-state index in [9.17, 15) is 10.0 Å². The number of hydrogen-bond donors (Lipinski definition) is 2. The van der Waals surface area contributed by atoms with E-state index >= 15 is 0 Å². The van der Waals surface area contributed by atoms with Crippen molar-refractivity contribution < 1.29 is 38.2 Å². The van der Waals surface area contributed by atoms with Crippen molar-refractivity contribution in [1.82, 2.24) is 15.0 Å². The molecule has 0 fully saturated rings. The van der Waals surface area contributed by atoms with Crippen LogP contribution in [0.15, 0.2) is 54.6 Å². The number of fused-ring (bicyclic) bond motifs is 3. The Labute approximate surface area is 398 Å². The normalized spacial score (nSPS) is 13.0. The molecule has 0 saturated carbocycles. The fourth-order valence-electron chi connectivity index (χ4n) is 7.35. The lowest BCUT2D eigenvalue weighted by atomic mass is 9.64. The predicted molar refractivity (Wildman–Crippen MR) is 255 cm³/mol. The lowest BCUT2D eigenvalue weighted by molar-refractivity contribution is 0.274. The van der Waals surface area contributed by atoms with Crippen molar-refractivity contribution in [3.8, 4) is 34.9 Å². The van der Waals surface area contributed by atoms with Crippen LogP contribution in [0.1, 0.15) is 50.5 Å². The maximum atomic E-state index is 9.76. The molecule has 0 unspecified atom stereocenters. The highest BCUT2D eigenvalue weighted by atomic mass is 35.5. The van der Waals surface area contributed by atoms with Crippen molar-refractivity contribution in [2.75, 3.05) is 0 Å². The second kappa shape index (κ2) is 20.2. The highest BCUT2D eigenvalue weighted by Gasteiger charge is 2.31. The molecule has 6 heterocycles. The van der Waals surface area contributed by atoms with Gasteiger partial charge in [-0.2, -0.15) is 0 Å². The Balaban J connectivity index is 0.000000147.